The lowest BCUT2D eigenvalue weighted by molar-refractivity contribution is -0.140. The maximum atomic E-state index is 12.5. The fourth-order valence-electron chi connectivity index (χ4n) is 2.36. The highest BCUT2D eigenvalue weighted by atomic mass is 16.5. The lowest BCUT2D eigenvalue weighted by atomic mass is 9.84. The van der Waals surface area contributed by atoms with Gasteiger partial charge in [-0.1, -0.05) is 12.1 Å². The molecule has 1 aliphatic rings. The fourth-order valence-corrected chi connectivity index (χ4v) is 2.36. The summed E-state index contributed by atoms with van der Waals surface area (Å²) in [6, 6.07) is 0. The van der Waals surface area contributed by atoms with Gasteiger partial charge in [0.05, 0.1) is 6.10 Å². The van der Waals surface area contributed by atoms with Gasteiger partial charge in [-0.15, -0.1) is 0 Å². The molecule has 0 aromatic carbocycles. The summed E-state index contributed by atoms with van der Waals surface area (Å²) >= 11 is 0. The van der Waals surface area contributed by atoms with E-state index in [2.05, 4.69) is 5.16 Å². The summed E-state index contributed by atoms with van der Waals surface area (Å²) in [4.78, 5) is 14.3. The van der Waals surface area contributed by atoms with Gasteiger partial charge in [0.25, 0.3) is 0 Å². The molecule has 0 saturated carbocycles. The summed E-state index contributed by atoms with van der Waals surface area (Å²) in [7, 11) is 0. The number of piperidine rings is 1. The molecule has 1 saturated heterocycles. The lowest BCUT2D eigenvalue weighted by Crippen LogP contribution is -2.52. The van der Waals surface area contributed by atoms with Crippen LogP contribution in [0.3, 0.4) is 0 Å². The molecule has 1 atom stereocenters. The SMILES string of the molecule is CCOC1CCN(C(=O)C(C)(CC)C(N)=NO)CC1. The zero-order chi connectivity index (χ0) is 14.5. The minimum Gasteiger partial charge on any atom is -0.409 e. The van der Waals surface area contributed by atoms with E-state index in [9.17, 15) is 4.79 Å². The average molecular weight is 271 g/mol. The lowest BCUT2D eigenvalue weighted by Gasteiger charge is -2.37. The molecule has 1 amide bonds. The third-order valence-electron chi connectivity index (χ3n) is 3.98. The molecule has 6 nitrogen and oxygen atoms in total. The molecular formula is C13H25N3O3. The van der Waals surface area contributed by atoms with Crippen LogP contribution in [0, 0.1) is 5.41 Å². The number of amidine groups is 1. The largest absolute Gasteiger partial charge is 0.409 e. The number of nitrogens with two attached hydrogens (primary N) is 1. The van der Waals surface area contributed by atoms with Crippen molar-refractivity contribution in [3.05, 3.63) is 0 Å². The summed E-state index contributed by atoms with van der Waals surface area (Å²) in [5, 5.41) is 11.8. The average Bonchev–Trinajstić information content (AvgIpc) is 2.46. The summed E-state index contributed by atoms with van der Waals surface area (Å²) in [6.07, 6.45) is 2.43. The Hall–Kier alpha value is -1.30. The molecular weight excluding hydrogens is 246 g/mol. The first-order valence-electron chi connectivity index (χ1n) is 6.88. The minimum atomic E-state index is -0.923. The molecule has 1 aliphatic heterocycles. The number of hydrogen-bond donors (Lipinski definition) is 2. The van der Waals surface area contributed by atoms with E-state index in [4.69, 9.17) is 15.7 Å². The van der Waals surface area contributed by atoms with Crippen molar-refractivity contribution in [2.75, 3.05) is 19.7 Å². The van der Waals surface area contributed by atoms with E-state index in [1.54, 1.807) is 11.8 Å². The number of amides is 1. The molecule has 0 spiro atoms. The van der Waals surface area contributed by atoms with Gasteiger partial charge in [0, 0.05) is 19.7 Å². The number of ether oxygens (including phenoxy) is 1. The normalized spacial score (nSPS) is 21.2. The third kappa shape index (κ3) is 3.37. The second kappa shape index (κ2) is 6.75. The highest BCUT2D eigenvalue weighted by Crippen LogP contribution is 2.27. The first-order chi connectivity index (χ1) is 8.99. The Balaban J connectivity index is 2.68. The number of rotatable bonds is 5. The fraction of sp³-hybridized carbons (Fsp3) is 0.846. The van der Waals surface area contributed by atoms with E-state index < -0.39 is 5.41 Å². The van der Waals surface area contributed by atoms with Crippen LogP contribution in [0.4, 0.5) is 0 Å². The Bertz CT molecular complexity index is 338. The van der Waals surface area contributed by atoms with Gasteiger partial charge < -0.3 is 20.6 Å². The van der Waals surface area contributed by atoms with Crippen molar-refractivity contribution >= 4 is 11.7 Å². The third-order valence-corrected chi connectivity index (χ3v) is 3.98. The summed E-state index contributed by atoms with van der Waals surface area (Å²) in [5.41, 5.74) is 4.75. The van der Waals surface area contributed by atoms with Gasteiger partial charge in [0.1, 0.15) is 5.41 Å². The van der Waals surface area contributed by atoms with Crippen LogP contribution < -0.4 is 5.73 Å². The molecule has 110 valence electrons. The summed E-state index contributed by atoms with van der Waals surface area (Å²) in [6.45, 7) is 7.59. The Morgan fingerprint density at radius 2 is 2.05 bits per heavy atom. The summed E-state index contributed by atoms with van der Waals surface area (Å²) in [5.74, 6) is -0.0906. The molecule has 1 rings (SSSR count). The van der Waals surface area contributed by atoms with E-state index in [0.29, 0.717) is 26.1 Å². The zero-order valence-corrected chi connectivity index (χ0v) is 12.1. The van der Waals surface area contributed by atoms with Crippen LogP contribution in [0.1, 0.15) is 40.0 Å². The predicted molar refractivity (Wildman–Crippen MR) is 73.0 cm³/mol. The van der Waals surface area contributed by atoms with Crippen LogP contribution in [0.2, 0.25) is 0 Å². The maximum Gasteiger partial charge on any atom is 0.236 e. The quantitative estimate of drug-likeness (QED) is 0.340. The Labute approximate surface area is 114 Å². The van der Waals surface area contributed by atoms with Crippen molar-refractivity contribution in [1.29, 1.82) is 0 Å². The van der Waals surface area contributed by atoms with Crippen molar-refractivity contribution in [1.82, 2.24) is 4.90 Å². The summed E-state index contributed by atoms with van der Waals surface area (Å²) < 4.78 is 5.57. The highest BCUT2D eigenvalue weighted by molar-refractivity contribution is 6.06. The molecule has 1 unspecified atom stereocenters. The van der Waals surface area contributed by atoms with Crippen molar-refractivity contribution in [2.24, 2.45) is 16.3 Å². The first kappa shape index (κ1) is 15.8. The number of carbonyl (C=O) groups is 1. The van der Waals surface area contributed by atoms with Crippen LogP contribution in [0.15, 0.2) is 5.16 Å². The smallest absolute Gasteiger partial charge is 0.236 e. The molecule has 0 bridgehead atoms. The van der Waals surface area contributed by atoms with Crippen molar-refractivity contribution in [3.63, 3.8) is 0 Å². The molecule has 0 radical (unpaired) electrons. The van der Waals surface area contributed by atoms with Crippen molar-refractivity contribution in [2.45, 2.75) is 46.1 Å². The second-order valence-electron chi connectivity index (χ2n) is 5.12. The van der Waals surface area contributed by atoms with Gasteiger partial charge in [-0.3, -0.25) is 4.79 Å². The standard InChI is InChI=1S/C13H25N3O3/c1-4-13(3,11(14)15-18)12(17)16-8-6-10(7-9-16)19-5-2/h10,18H,4-9H2,1-3H3,(H2,14,15). The van der Waals surface area contributed by atoms with E-state index in [1.807, 2.05) is 13.8 Å². The van der Waals surface area contributed by atoms with Crippen LogP contribution >= 0.6 is 0 Å². The Kier molecular flexibility index (Phi) is 5.60. The maximum absolute atomic E-state index is 12.5. The molecule has 1 heterocycles. The highest BCUT2D eigenvalue weighted by Gasteiger charge is 2.40. The van der Waals surface area contributed by atoms with E-state index >= 15 is 0 Å². The minimum absolute atomic E-state index is 0.0214. The van der Waals surface area contributed by atoms with Crippen LogP contribution in [-0.2, 0) is 9.53 Å². The van der Waals surface area contributed by atoms with E-state index in [0.717, 1.165) is 12.8 Å². The topological polar surface area (TPSA) is 88.2 Å². The predicted octanol–water partition coefficient (Wildman–Crippen LogP) is 1.18. The van der Waals surface area contributed by atoms with Gasteiger partial charge in [-0.05, 0) is 33.1 Å². The molecule has 0 aliphatic carbocycles. The molecule has 0 aromatic rings. The molecule has 0 aromatic heterocycles. The van der Waals surface area contributed by atoms with Gasteiger partial charge >= 0.3 is 0 Å². The monoisotopic (exact) mass is 271 g/mol. The first-order valence-corrected chi connectivity index (χ1v) is 6.88. The number of hydrogen-bond acceptors (Lipinski definition) is 4. The van der Waals surface area contributed by atoms with Gasteiger partial charge in [0.2, 0.25) is 5.91 Å². The van der Waals surface area contributed by atoms with Crippen molar-refractivity contribution in [3.8, 4) is 0 Å². The second-order valence-corrected chi connectivity index (χ2v) is 5.12. The van der Waals surface area contributed by atoms with Crippen LogP contribution in [0.5, 0.6) is 0 Å². The zero-order valence-electron chi connectivity index (χ0n) is 12.1. The van der Waals surface area contributed by atoms with E-state index in [-0.39, 0.29) is 17.8 Å². The van der Waals surface area contributed by atoms with Crippen LogP contribution in [0.25, 0.3) is 0 Å². The Morgan fingerprint density at radius 1 is 1.47 bits per heavy atom. The van der Waals surface area contributed by atoms with Crippen molar-refractivity contribution < 1.29 is 14.7 Å². The van der Waals surface area contributed by atoms with E-state index in [1.165, 1.54) is 0 Å². The van der Waals surface area contributed by atoms with Gasteiger partial charge in [-0.25, -0.2) is 0 Å². The van der Waals surface area contributed by atoms with Crippen LogP contribution in [-0.4, -0.2) is 47.7 Å². The number of carbonyl (C=O) groups excluding carboxylic acids is 1. The van der Waals surface area contributed by atoms with Gasteiger partial charge in [-0.2, -0.15) is 0 Å². The number of nitrogens with zero attached hydrogens (tertiary/aromatic N) is 2. The number of likely N-dealkylation sites (tertiary alicyclic amines) is 1. The van der Waals surface area contributed by atoms with Gasteiger partial charge in [0.15, 0.2) is 5.84 Å². The molecule has 1 fully saturated rings. The Morgan fingerprint density at radius 3 is 2.47 bits per heavy atom. The molecule has 19 heavy (non-hydrogen) atoms. The molecule has 6 heteroatoms. The number of oxime groups is 1. The molecule has 3 N–H and O–H groups in total.